The smallest absolute Gasteiger partial charge is 0.322 e. The molecule has 0 unspecified atom stereocenters. The summed E-state index contributed by atoms with van der Waals surface area (Å²) in [5, 5.41) is 27.4. The molecule has 0 fully saturated rings. The lowest BCUT2D eigenvalue weighted by Crippen LogP contribution is -2.54. The average Bonchev–Trinajstić information content (AvgIpc) is 2.86. The second kappa shape index (κ2) is 14.1. The van der Waals surface area contributed by atoms with Crippen molar-refractivity contribution >= 4 is 29.6 Å². The number of carbonyl (C=O) groups is 5. The van der Waals surface area contributed by atoms with E-state index in [2.05, 4.69) is 21.3 Å². The second-order valence-corrected chi connectivity index (χ2v) is 7.89. The van der Waals surface area contributed by atoms with Gasteiger partial charge < -0.3 is 37.2 Å². The number of nitrogens with two attached hydrogens (primary N) is 1. The van der Waals surface area contributed by atoms with Gasteiger partial charge in [0.2, 0.25) is 23.6 Å². The van der Waals surface area contributed by atoms with Crippen LogP contribution in [-0.4, -0.2) is 71.5 Å². The summed E-state index contributed by atoms with van der Waals surface area (Å²) in [7, 11) is 0. The van der Waals surface area contributed by atoms with E-state index in [0.717, 1.165) is 5.56 Å². The largest absolute Gasteiger partial charge is 0.508 e. The van der Waals surface area contributed by atoms with E-state index in [1.165, 1.54) is 12.1 Å². The maximum atomic E-state index is 12.8. The molecule has 0 aromatic heterocycles. The third-order valence-electron chi connectivity index (χ3n) is 4.95. The summed E-state index contributed by atoms with van der Waals surface area (Å²) < 4.78 is 0. The number of carbonyl (C=O) groups excluding carboxylic acids is 4. The molecule has 192 valence electrons. The highest BCUT2D eigenvalue weighted by Gasteiger charge is 2.25. The van der Waals surface area contributed by atoms with E-state index in [1.807, 2.05) is 30.3 Å². The first kappa shape index (κ1) is 27.8. The molecule has 2 rings (SSSR count). The first-order valence-electron chi connectivity index (χ1n) is 11.0. The number of hydrogen-bond donors (Lipinski definition) is 7. The number of rotatable bonds is 13. The van der Waals surface area contributed by atoms with E-state index in [0.29, 0.717) is 5.56 Å². The van der Waals surface area contributed by atoms with Crippen molar-refractivity contribution in [2.24, 2.45) is 5.73 Å². The van der Waals surface area contributed by atoms with Crippen LogP contribution in [-0.2, 0) is 36.8 Å². The standard InChI is InChI=1S/C24H29N5O7/c25-18(10-15-4-2-1-3-5-15)23(35)29-19(11-16-6-8-17(30)9-7-16)24(36)28-13-21(32)26-12-20(31)27-14-22(33)34/h1-9,18-19,30H,10-14,25H2,(H,26,32)(H,27,31)(H,28,36)(H,29,35)(H,33,34)/t18-,19-/m0/s1. The summed E-state index contributed by atoms with van der Waals surface area (Å²) in [6.07, 6.45) is 0.321. The van der Waals surface area contributed by atoms with Gasteiger partial charge in [0, 0.05) is 6.42 Å². The fourth-order valence-electron chi connectivity index (χ4n) is 3.09. The Kier molecular flexibility index (Phi) is 10.9. The van der Waals surface area contributed by atoms with E-state index >= 15 is 0 Å². The quantitative estimate of drug-likeness (QED) is 0.171. The Morgan fingerprint density at radius 1 is 0.722 bits per heavy atom. The van der Waals surface area contributed by atoms with Crippen LogP contribution in [0.3, 0.4) is 0 Å². The van der Waals surface area contributed by atoms with E-state index in [4.69, 9.17) is 10.8 Å². The number of amides is 4. The number of nitrogens with one attached hydrogen (secondary N) is 4. The normalized spacial score (nSPS) is 12.0. The second-order valence-electron chi connectivity index (χ2n) is 7.89. The zero-order valence-corrected chi connectivity index (χ0v) is 19.4. The molecule has 4 amide bonds. The highest BCUT2D eigenvalue weighted by Crippen LogP contribution is 2.12. The predicted molar refractivity (Wildman–Crippen MR) is 129 cm³/mol. The molecule has 2 atom stereocenters. The van der Waals surface area contributed by atoms with E-state index in [1.54, 1.807) is 12.1 Å². The first-order chi connectivity index (χ1) is 17.1. The summed E-state index contributed by atoms with van der Waals surface area (Å²) in [4.78, 5) is 59.4. The molecule has 36 heavy (non-hydrogen) atoms. The molecular formula is C24H29N5O7. The molecule has 0 spiro atoms. The molecule has 2 aromatic rings. The van der Waals surface area contributed by atoms with E-state index < -0.39 is 61.3 Å². The van der Waals surface area contributed by atoms with Crippen molar-refractivity contribution in [3.8, 4) is 5.75 Å². The van der Waals surface area contributed by atoms with Crippen molar-refractivity contribution in [2.45, 2.75) is 24.9 Å². The van der Waals surface area contributed by atoms with Gasteiger partial charge in [-0.15, -0.1) is 0 Å². The van der Waals surface area contributed by atoms with Crippen LogP contribution < -0.4 is 27.0 Å². The van der Waals surface area contributed by atoms with Gasteiger partial charge in [0.05, 0.1) is 19.1 Å². The predicted octanol–water partition coefficient (Wildman–Crippen LogP) is -1.58. The monoisotopic (exact) mass is 499 g/mol. The molecule has 8 N–H and O–H groups in total. The minimum absolute atomic E-state index is 0.0396. The van der Waals surface area contributed by atoms with Crippen molar-refractivity contribution in [2.75, 3.05) is 19.6 Å². The molecular weight excluding hydrogens is 470 g/mol. The molecule has 2 aromatic carbocycles. The summed E-state index contributed by atoms with van der Waals surface area (Å²) >= 11 is 0. The first-order valence-corrected chi connectivity index (χ1v) is 11.0. The Morgan fingerprint density at radius 3 is 1.89 bits per heavy atom. The van der Waals surface area contributed by atoms with Crippen molar-refractivity contribution in [1.82, 2.24) is 21.3 Å². The number of benzene rings is 2. The number of carboxylic acid groups (broad SMARTS) is 1. The van der Waals surface area contributed by atoms with Gasteiger partial charge in [-0.1, -0.05) is 42.5 Å². The lowest BCUT2D eigenvalue weighted by atomic mass is 10.0. The highest BCUT2D eigenvalue weighted by atomic mass is 16.4. The van der Waals surface area contributed by atoms with Gasteiger partial charge in [0.25, 0.3) is 0 Å². The highest BCUT2D eigenvalue weighted by molar-refractivity contribution is 5.93. The van der Waals surface area contributed by atoms with Gasteiger partial charge in [-0.25, -0.2) is 0 Å². The average molecular weight is 500 g/mol. The van der Waals surface area contributed by atoms with Gasteiger partial charge >= 0.3 is 5.97 Å². The molecule has 12 nitrogen and oxygen atoms in total. The lowest BCUT2D eigenvalue weighted by Gasteiger charge is -2.21. The molecule has 0 aliphatic carbocycles. The molecule has 0 radical (unpaired) electrons. The van der Waals surface area contributed by atoms with Crippen molar-refractivity contribution < 1.29 is 34.2 Å². The van der Waals surface area contributed by atoms with Crippen LogP contribution in [0.4, 0.5) is 0 Å². The number of aliphatic carboxylic acids is 1. The maximum Gasteiger partial charge on any atom is 0.322 e. The minimum atomic E-state index is -1.23. The molecule has 0 heterocycles. The minimum Gasteiger partial charge on any atom is -0.508 e. The number of hydrogen-bond acceptors (Lipinski definition) is 7. The fourth-order valence-corrected chi connectivity index (χ4v) is 3.09. The van der Waals surface area contributed by atoms with Gasteiger partial charge in [-0.3, -0.25) is 24.0 Å². The van der Waals surface area contributed by atoms with Crippen LogP contribution >= 0.6 is 0 Å². The number of carboxylic acids is 1. The number of phenols is 1. The number of phenolic OH excluding ortho intramolecular Hbond substituents is 1. The summed E-state index contributed by atoms with van der Waals surface area (Å²) in [5.41, 5.74) is 7.52. The van der Waals surface area contributed by atoms with Crippen LogP contribution in [0.2, 0.25) is 0 Å². The van der Waals surface area contributed by atoms with Crippen molar-refractivity contribution in [3.63, 3.8) is 0 Å². The van der Waals surface area contributed by atoms with Gasteiger partial charge in [-0.2, -0.15) is 0 Å². The van der Waals surface area contributed by atoms with E-state index in [9.17, 15) is 29.1 Å². The summed E-state index contributed by atoms with van der Waals surface area (Å²) in [6.45, 7) is -1.54. The van der Waals surface area contributed by atoms with Crippen LogP contribution in [0, 0.1) is 0 Å². The number of aromatic hydroxyl groups is 1. The Labute approximate surface area is 207 Å². The third kappa shape index (κ3) is 10.2. The van der Waals surface area contributed by atoms with Crippen LogP contribution in [0.1, 0.15) is 11.1 Å². The molecule has 0 saturated carbocycles. The Bertz CT molecular complexity index is 1060. The molecule has 0 aliphatic rings. The summed E-state index contributed by atoms with van der Waals surface area (Å²) in [6, 6.07) is 13.2. The Hall–Kier alpha value is -4.45. The van der Waals surface area contributed by atoms with Crippen LogP contribution in [0.15, 0.2) is 54.6 Å². The van der Waals surface area contributed by atoms with E-state index in [-0.39, 0.29) is 18.6 Å². The van der Waals surface area contributed by atoms with Crippen LogP contribution in [0.5, 0.6) is 5.75 Å². The van der Waals surface area contributed by atoms with Gasteiger partial charge in [0.1, 0.15) is 18.3 Å². The lowest BCUT2D eigenvalue weighted by molar-refractivity contribution is -0.137. The van der Waals surface area contributed by atoms with Gasteiger partial charge in [0.15, 0.2) is 0 Å². The molecule has 0 bridgehead atoms. The van der Waals surface area contributed by atoms with Crippen molar-refractivity contribution in [3.05, 3.63) is 65.7 Å². The molecule has 0 saturated heterocycles. The third-order valence-corrected chi connectivity index (χ3v) is 4.95. The summed E-state index contributed by atoms with van der Waals surface area (Å²) in [5.74, 6) is -3.80. The Morgan fingerprint density at radius 2 is 1.28 bits per heavy atom. The zero-order chi connectivity index (χ0) is 26.5. The maximum absolute atomic E-state index is 12.8. The SMILES string of the molecule is N[C@@H](Cc1ccccc1)C(=O)N[C@@H](Cc1ccc(O)cc1)C(=O)NCC(=O)NCC(=O)NCC(=O)O. The topological polar surface area (TPSA) is 200 Å². The fraction of sp³-hybridized carbons (Fsp3) is 0.292. The Balaban J connectivity index is 1.96. The molecule has 0 aliphatic heterocycles. The molecule has 12 heteroatoms. The van der Waals surface area contributed by atoms with Gasteiger partial charge in [-0.05, 0) is 29.7 Å². The van der Waals surface area contributed by atoms with Crippen LogP contribution in [0.25, 0.3) is 0 Å². The van der Waals surface area contributed by atoms with Crippen molar-refractivity contribution in [1.29, 1.82) is 0 Å². The zero-order valence-electron chi connectivity index (χ0n) is 19.4.